The third-order valence-corrected chi connectivity index (χ3v) is 6.31. The lowest BCUT2D eigenvalue weighted by Crippen LogP contribution is -2.49. The van der Waals surface area contributed by atoms with Crippen molar-refractivity contribution in [2.45, 2.75) is 39.0 Å². The molecule has 4 bridgehead atoms. The van der Waals surface area contributed by atoms with Crippen molar-refractivity contribution >= 4 is 34.8 Å². The molecule has 4 aliphatic rings. The number of benzene rings is 1. The molecule has 4 aliphatic carbocycles. The maximum absolute atomic E-state index is 13.0. The number of hydrogen-bond donors (Lipinski definition) is 2. The van der Waals surface area contributed by atoms with Gasteiger partial charge in [0.2, 0.25) is 11.8 Å². The second-order valence-electron chi connectivity index (χ2n) is 7.82. The summed E-state index contributed by atoms with van der Waals surface area (Å²) in [7, 11) is 0. The first-order chi connectivity index (χ1) is 11.5. The third-order valence-electron chi connectivity index (χ3n) is 6.08. The molecule has 1 aromatic rings. The van der Waals surface area contributed by atoms with E-state index in [0.717, 1.165) is 11.8 Å². The number of rotatable bonds is 3. The van der Waals surface area contributed by atoms with Crippen molar-refractivity contribution in [1.82, 2.24) is 0 Å². The number of halogens is 1. The Kier molecular flexibility index (Phi) is 4.03. The van der Waals surface area contributed by atoms with Crippen LogP contribution < -0.4 is 10.6 Å². The monoisotopic (exact) mass is 346 g/mol. The molecule has 4 saturated carbocycles. The summed E-state index contributed by atoms with van der Waals surface area (Å²) in [6.07, 6.45) is 6.21. The van der Waals surface area contributed by atoms with Gasteiger partial charge in [0, 0.05) is 17.9 Å². The van der Waals surface area contributed by atoms with Gasteiger partial charge in [0.25, 0.3) is 0 Å². The largest absolute Gasteiger partial charge is 0.325 e. The van der Waals surface area contributed by atoms with Gasteiger partial charge in [0.05, 0.1) is 11.4 Å². The van der Waals surface area contributed by atoms with Crippen LogP contribution in [0.3, 0.4) is 0 Å². The van der Waals surface area contributed by atoms with Gasteiger partial charge in [-0.2, -0.15) is 0 Å². The van der Waals surface area contributed by atoms with E-state index in [1.807, 2.05) is 0 Å². The summed E-state index contributed by atoms with van der Waals surface area (Å²) in [6, 6.07) is 5.16. The maximum atomic E-state index is 13.0. The molecule has 24 heavy (non-hydrogen) atoms. The number of carbonyl (C=O) groups excluding carboxylic acids is 2. The number of amides is 2. The lowest BCUT2D eigenvalue weighted by Gasteiger charge is -2.53. The molecule has 0 unspecified atom stereocenters. The second-order valence-corrected chi connectivity index (χ2v) is 8.25. The molecule has 128 valence electrons. The van der Waals surface area contributed by atoms with E-state index in [0.29, 0.717) is 28.2 Å². The van der Waals surface area contributed by atoms with E-state index in [1.165, 1.54) is 39.0 Å². The minimum atomic E-state index is -0.164. The third kappa shape index (κ3) is 2.92. The van der Waals surface area contributed by atoms with Gasteiger partial charge in [0.1, 0.15) is 0 Å². The van der Waals surface area contributed by atoms with Gasteiger partial charge in [-0.3, -0.25) is 9.59 Å². The fourth-order valence-corrected chi connectivity index (χ4v) is 5.66. The van der Waals surface area contributed by atoms with Crippen molar-refractivity contribution in [3.8, 4) is 0 Å². The fraction of sp³-hybridized carbons (Fsp3) is 0.579. The second kappa shape index (κ2) is 6.07. The van der Waals surface area contributed by atoms with E-state index >= 15 is 0 Å². The predicted molar refractivity (Wildman–Crippen MR) is 94.9 cm³/mol. The highest BCUT2D eigenvalue weighted by Gasteiger charge is 2.50. The van der Waals surface area contributed by atoms with Gasteiger partial charge in [-0.1, -0.05) is 11.6 Å². The Balaban J connectivity index is 1.54. The minimum absolute atomic E-state index is 0.0951. The smallest absolute Gasteiger partial charge is 0.228 e. The Morgan fingerprint density at radius 3 is 2.17 bits per heavy atom. The van der Waals surface area contributed by atoms with Gasteiger partial charge in [-0.25, -0.2) is 0 Å². The molecule has 0 aliphatic heterocycles. The van der Waals surface area contributed by atoms with Crippen LogP contribution in [-0.4, -0.2) is 11.8 Å². The van der Waals surface area contributed by atoms with E-state index in [-0.39, 0.29) is 17.7 Å². The van der Waals surface area contributed by atoms with Gasteiger partial charge >= 0.3 is 0 Å². The van der Waals surface area contributed by atoms with Crippen molar-refractivity contribution in [3.63, 3.8) is 0 Å². The molecule has 0 saturated heterocycles. The van der Waals surface area contributed by atoms with Crippen LogP contribution >= 0.6 is 11.6 Å². The lowest BCUT2D eigenvalue weighted by molar-refractivity contribution is -0.132. The molecule has 0 heterocycles. The lowest BCUT2D eigenvalue weighted by atomic mass is 9.51. The molecular weight excluding hydrogens is 324 g/mol. The van der Waals surface area contributed by atoms with Crippen LogP contribution in [0, 0.1) is 29.6 Å². The zero-order chi connectivity index (χ0) is 16.8. The highest BCUT2D eigenvalue weighted by atomic mass is 35.5. The number of hydrogen-bond acceptors (Lipinski definition) is 2. The summed E-state index contributed by atoms with van der Waals surface area (Å²) in [5.74, 6) is 2.80. The number of nitrogens with one attached hydrogen (secondary N) is 2. The molecular formula is C19H23ClN2O2. The zero-order valence-electron chi connectivity index (χ0n) is 13.8. The first-order valence-corrected chi connectivity index (χ1v) is 9.25. The summed E-state index contributed by atoms with van der Waals surface area (Å²) in [6.45, 7) is 1.46. The highest BCUT2D eigenvalue weighted by molar-refractivity contribution is 6.31. The van der Waals surface area contributed by atoms with E-state index < -0.39 is 0 Å². The van der Waals surface area contributed by atoms with Crippen LogP contribution in [0.2, 0.25) is 5.02 Å². The maximum Gasteiger partial charge on any atom is 0.228 e. The predicted octanol–water partition coefficient (Wildman–Crippen LogP) is 4.31. The summed E-state index contributed by atoms with van der Waals surface area (Å²) in [5, 5.41) is 6.35. The summed E-state index contributed by atoms with van der Waals surface area (Å²) in [4.78, 5) is 24.4. The van der Waals surface area contributed by atoms with Crippen molar-refractivity contribution in [2.75, 3.05) is 10.6 Å². The number of anilines is 2. The first kappa shape index (κ1) is 15.9. The molecule has 4 nitrogen and oxygen atoms in total. The van der Waals surface area contributed by atoms with E-state index in [9.17, 15) is 9.59 Å². The molecule has 0 radical (unpaired) electrons. The molecule has 0 aromatic heterocycles. The standard InChI is InChI=1S/C19H23ClN2O2/c1-10(23)21-16-3-2-15(20)9-17(16)22-19(24)18-13-5-11-4-12(7-13)8-14(18)6-11/h2-3,9,11-14,18H,4-8H2,1H3,(H,21,23)(H,22,24). The van der Waals surface area contributed by atoms with Crippen LogP contribution in [-0.2, 0) is 9.59 Å². The van der Waals surface area contributed by atoms with Crippen molar-refractivity contribution in [2.24, 2.45) is 29.6 Å². The Morgan fingerprint density at radius 2 is 1.58 bits per heavy atom. The van der Waals surface area contributed by atoms with Crippen molar-refractivity contribution in [1.29, 1.82) is 0 Å². The molecule has 2 amide bonds. The average molecular weight is 347 g/mol. The summed E-state index contributed by atoms with van der Waals surface area (Å²) >= 11 is 6.08. The van der Waals surface area contributed by atoms with Crippen molar-refractivity contribution < 1.29 is 9.59 Å². The Labute approximate surface area is 147 Å². The van der Waals surface area contributed by atoms with E-state index in [1.54, 1.807) is 18.2 Å². The Bertz CT molecular complexity index is 660. The van der Waals surface area contributed by atoms with E-state index in [4.69, 9.17) is 11.6 Å². The van der Waals surface area contributed by atoms with Crippen LogP contribution in [0.15, 0.2) is 18.2 Å². The van der Waals surface area contributed by atoms with E-state index in [2.05, 4.69) is 10.6 Å². The van der Waals surface area contributed by atoms with Gasteiger partial charge in [-0.05, 0) is 74.0 Å². The molecule has 1 aromatic carbocycles. The zero-order valence-corrected chi connectivity index (χ0v) is 14.6. The fourth-order valence-electron chi connectivity index (χ4n) is 5.49. The number of carbonyl (C=O) groups is 2. The minimum Gasteiger partial charge on any atom is -0.325 e. The average Bonchev–Trinajstić information content (AvgIpc) is 2.48. The molecule has 0 spiro atoms. The molecule has 5 rings (SSSR count). The topological polar surface area (TPSA) is 58.2 Å². The quantitative estimate of drug-likeness (QED) is 0.856. The first-order valence-electron chi connectivity index (χ1n) is 8.87. The van der Waals surface area contributed by atoms with Crippen LogP contribution in [0.4, 0.5) is 11.4 Å². The normalized spacial score (nSPS) is 33.3. The van der Waals surface area contributed by atoms with Crippen LogP contribution in [0.25, 0.3) is 0 Å². The highest BCUT2D eigenvalue weighted by Crippen LogP contribution is 2.56. The molecule has 4 fully saturated rings. The summed E-state index contributed by atoms with van der Waals surface area (Å²) < 4.78 is 0. The van der Waals surface area contributed by atoms with Gasteiger partial charge in [0.15, 0.2) is 0 Å². The SMILES string of the molecule is CC(=O)Nc1ccc(Cl)cc1NC(=O)C1C2CC3CC(C2)CC1C3. The van der Waals surface area contributed by atoms with Gasteiger partial charge in [-0.15, -0.1) is 0 Å². The molecule has 2 N–H and O–H groups in total. The van der Waals surface area contributed by atoms with Gasteiger partial charge < -0.3 is 10.6 Å². The Hall–Kier alpha value is -1.55. The summed E-state index contributed by atoms with van der Waals surface area (Å²) in [5.41, 5.74) is 1.19. The molecule has 0 atom stereocenters. The van der Waals surface area contributed by atoms with Crippen molar-refractivity contribution in [3.05, 3.63) is 23.2 Å². The van der Waals surface area contributed by atoms with Crippen LogP contribution in [0.5, 0.6) is 0 Å². The Morgan fingerprint density at radius 1 is 0.958 bits per heavy atom. The molecule has 5 heteroatoms. The van der Waals surface area contributed by atoms with Crippen LogP contribution in [0.1, 0.15) is 39.0 Å².